The Bertz CT molecular complexity index is 474. The standard InChI is InChI=1S/C18H28N2O/c1-3-11-21-17-5-4-10-20(13-17)16-8-9-18-15(12-16)7-6-14(2)19-18/h8-9,12,14,17,19H,3-7,10-11,13H2,1-2H3. The summed E-state index contributed by atoms with van der Waals surface area (Å²) in [5, 5.41) is 3.58. The van der Waals surface area contributed by atoms with Gasteiger partial charge in [-0.3, -0.25) is 0 Å². The quantitative estimate of drug-likeness (QED) is 0.911. The summed E-state index contributed by atoms with van der Waals surface area (Å²) in [5.41, 5.74) is 4.17. The fraction of sp³-hybridized carbons (Fsp3) is 0.667. The molecule has 0 aliphatic carbocycles. The van der Waals surface area contributed by atoms with Crippen LogP contribution in [0.2, 0.25) is 0 Å². The molecule has 2 aliphatic rings. The van der Waals surface area contributed by atoms with E-state index >= 15 is 0 Å². The number of benzene rings is 1. The first-order valence-electron chi connectivity index (χ1n) is 8.52. The predicted molar refractivity (Wildman–Crippen MR) is 89.3 cm³/mol. The fourth-order valence-electron chi connectivity index (χ4n) is 3.43. The van der Waals surface area contributed by atoms with Crippen LogP contribution in [0, 0.1) is 0 Å². The summed E-state index contributed by atoms with van der Waals surface area (Å²) in [5.74, 6) is 0. The topological polar surface area (TPSA) is 24.5 Å². The van der Waals surface area contributed by atoms with E-state index in [1.807, 2.05) is 0 Å². The molecule has 2 heterocycles. The Hall–Kier alpha value is -1.22. The Balaban J connectivity index is 1.68. The maximum Gasteiger partial charge on any atom is 0.0750 e. The highest BCUT2D eigenvalue weighted by molar-refractivity contribution is 5.62. The minimum Gasteiger partial charge on any atom is -0.382 e. The van der Waals surface area contributed by atoms with E-state index in [0.29, 0.717) is 12.1 Å². The Morgan fingerprint density at radius 2 is 2.24 bits per heavy atom. The van der Waals surface area contributed by atoms with Crippen LogP contribution in [0.3, 0.4) is 0 Å². The van der Waals surface area contributed by atoms with Gasteiger partial charge in [-0.05, 0) is 62.8 Å². The van der Waals surface area contributed by atoms with Gasteiger partial charge in [0.25, 0.3) is 0 Å². The van der Waals surface area contributed by atoms with Gasteiger partial charge in [0.2, 0.25) is 0 Å². The van der Waals surface area contributed by atoms with Crippen molar-refractivity contribution in [3.8, 4) is 0 Å². The minimum atomic E-state index is 0.410. The van der Waals surface area contributed by atoms with Crippen molar-refractivity contribution in [1.82, 2.24) is 0 Å². The van der Waals surface area contributed by atoms with Crippen LogP contribution in [-0.2, 0) is 11.2 Å². The molecule has 3 nitrogen and oxygen atoms in total. The Morgan fingerprint density at radius 1 is 1.33 bits per heavy atom. The highest BCUT2D eigenvalue weighted by Gasteiger charge is 2.22. The first kappa shape index (κ1) is 14.7. The summed E-state index contributed by atoms with van der Waals surface area (Å²) >= 11 is 0. The summed E-state index contributed by atoms with van der Waals surface area (Å²) in [6, 6.07) is 7.52. The second-order valence-corrected chi connectivity index (χ2v) is 6.51. The zero-order chi connectivity index (χ0) is 14.7. The first-order valence-corrected chi connectivity index (χ1v) is 8.52. The highest BCUT2D eigenvalue weighted by Crippen LogP contribution is 2.30. The molecule has 2 aliphatic heterocycles. The zero-order valence-electron chi connectivity index (χ0n) is 13.4. The molecular weight excluding hydrogens is 260 g/mol. The molecule has 3 rings (SSSR count). The molecule has 0 bridgehead atoms. The largest absolute Gasteiger partial charge is 0.382 e. The number of fused-ring (bicyclic) bond motifs is 1. The lowest BCUT2D eigenvalue weighted by Crippen LogP contribution is -2.40. The highest BCUT2D eigenvalue weighted by atomic mass is 16.5. The molecule has 116 valence electrons. The van der Waals surface area contributed by atoms with Crippen molar-refractivity contribution in [3.63, 3.8) is 0 Å². The van der Waals surface area contributed by atoms with Crippen LogP contribution in [-0.4, -0.2) is 31.8 Å². The lowest BCUT2D eigenvalue weighted by atomic mass is 9.97. The third kappa shape index (κ3) is 3.52. The second kappa shape index (κ2) is 6.69. The molecule has 0 radical (unpaired) electrons. The molecule has 1 fully saturated rings. The minimum absolute atomic E-state index is 0.410. The van der Waals surface area contributed by atoms with Crippen LogP contribution < -0.4 is 10.2 Å². The van der Waals surface area contributed by atoms with E-state index in [1.54, 1.807) is 0 Å². The molecule has 1 aromatic rings. The number of rotatable bonds is 4. The predicted octanol–water partition coefficient (Wildman–Crippen LogP) is 3.83. The lowest BCUT2D eigenvalue weighted by molar-refractivity contribution is 0.0440. The number of hydrogen-bond donors (Lipinski definition) is 1. The van der Waals surface area contributed by atoms with Crippen LogP contribution >= 0.6 is 0 Å². The Labute approximate surface area is 128 Å². The van der Waals surface area contributed by atoms with Crippen molar-refractivity contribution >= 4 is 11.4 Å². The number of nitrogens with one attached hydrogen (secondary N) is 1. The van der Waals surface area contributed by atoms with Crippen molar-refractivity contribution in [3.05, 3.63) is 23.8 Å². The molecule has 2 atom stereocenters. The van der Waals surface area contributed by atoms with Gasteiger partial charge in [0.05, 0.1) is 6.10 Å². The maximum atomic E-state index is 5.96. The summed E-state index contributed by atoms with van der Waals surface area (Å²) in [6.45, 7) is 7.54. The normalized spacial score (nSPS) is 25.3. The summed E-state index contributed by atoms with van der Waals surface area (Å²) in [4.78, 5) is 2.50. The van der Waals surface area contributed by atoms with Gasteiger partial charge in [-0.2, -0.15) is 0 Å². The zero-order valence-corrected chi connectivity index (χ0v) is 13.4. The van der Waals surface area contributed by atoms with Crippen molar-refractivity contribution in [2.24, 2.45) is 0 Å². The number of anilines is 2. The number of aryl methyl sites for hydroxylation is 1. The summed E-state index contributed by atoms with van der Waals surface area (Å²) in [7, 11) is 0. The van der Waals surface area contributed by atoms with E-state index in [0.717, 1.165) is 26.1 Å². The van der Waals surface area contributed by atoms with Gasteiger partial charge in [-0.25, -0.2) is 0 Å². The van der Waals surface area contributed by atoms with Crippen LogP contribution in [0.1, 0.15) is 45.1 Å². The molecular formula is C18H28N2O. The number of nitrogens with zero attached hydrogens (tertiary/aromatic N) is 1. The van der Waals surface area contributed by atoms with E-state index < -0.39 is 0 Å². The van der Waals surface area contributed by atoms with Gasteiger partial charge in [-0.1, -0.05) is 6.92 Å². The van der Waals surface area contributed by atoms with Gasteiger partial charge < -0.3 is 15.0 Å². The average molecular weight is 288 g/mol. The third-order valence-corrected chi connectivity index (χ3v) is 4.64. The van der Waals surface area contributed by atoms with E-state index in [4.69, 9.17) is 4.74 Å². The second-order valence-electron chi connectivity index (χ2n) is 6.51. The molecule has 0 amide bonds. The van der Waals surface area contributed by atoms with Gasteiger partial charge in [0, 0.05) is 37.1 Å². The molecule has 0 spiro atoms. The summed E-state index contributed by atoms with van der Waals surface area (Å²) < 4.78 is 5.96. The Kier molecular flexibility index (Phi) is 4.69. The lowest BCUT2D eigenvalue weighted by Gasteiger charge is -2.35. The Morgan fingerprint density at radius 3 is 3.10 bits per heavy atom. The van der Waals surface area contributed by atoms with Crippen molar-refractivity contribution < 1.29 is 4.74 Å². The van der Waals surface area contributed by atoms with Gasteiger partial charge in [-0.15, -0.1) is 0 Å². The van der Waals surface area contributed by atoms with E-state index in [9.17, 15) is 0 Å². The summed E-state index contributed by atoms with van der Waals surface area (Å²) in [6.07, 6.45) is 6.40. The fourth-order valence-corrected chi connectivity index (χ4v) is 3.43. The monoisotopic (exact) mass is 288 g/mol. The van der Waals surface area contributed by atoms with Gasteiger partial charge in [0.1, 0.15) is 0 Å². The van der Waals surface area contributed by atoms with Crippen molar-refractivity contribution in [2.75, 3.05) is 29.9 Å². The molecule has 1 N–H and O–H groups in total. The average Bonchev–Trinajstić information content (AvgIpc) is 2.52. The molecule has 0 saturated carbocycles. The number of hydrogen-bond acceptors (Lipinski definition) is 3. The maximum absolute atomic E-state index is 5.96. The third-order valence-electron chi connectivity index (χ3n) is 4.64. The van der Waals surface area contributed by atoms with E-state index in [-0.39, 0.29) is 0 Å². The van der Waals surface area contributed by atoms with E-state index in [1.165, 1.54) is 42.6 Å². The molecule has 3 heteroatoms. The van der Waals surface area contributed by atoms with Crippen LogP contribution in [0.15, 0.2) is 18.2 Å². The van der Waals surface area contributed by atoms with Crippen molar-refractivity contribution in [2.45, 2.75) is 58.1 Å². The smallest absolute Gasteiger partial charge is 0.0750 e. The SMILES string of the molecule is CCCOC1CCCN(c2ccc3c(c2)CCC(C)N3)C1. The van der Waals surface area contributed by atoms with Crippen LogP contribution in [0.5, 0.6) is 0 Å². The van der Waals surface area contributed by atoms with Crippen LogP contribution in [0.4, 0.5) is 11.4 Å². The molecule has 1 saturated heterocycles. The molecule has 0 aromatic heterocycles. The van der Waals surface area contributed by atoms with Gasteiger partial charge in [0.15, 0.2) is 0 Å². The van der Waals surface area contributed by atoms with E-state index in [2.05, 4.69) is 42.3 Å². The van der Waals surface area contributed by atoms with Crippen molar-refractivity contribution in [1.29, 1.82) is 0 Å². The number of piperidine rings is 1. The van der Waals surface area contributed by atoms with Gasteiger partial charge >= 0.3 is 0 Å². The molecule has 1 aromatic carbocycles. The van der Waals surface area contributed by atoms with Crippen LogP contribution in [0.25, 0.3) is 0 Å². The number of ether oxygens (including phenoxy) is 1. The first-order chi connectivity index (χ1) is 10.3. The molecule has 21 heavy (non-hydrogen) atoms. The molecule has 2 unspecified atom stereocenters.